The number of hydrogen-bond donors (Lipinski definition) is 5. The minimum absolute atomic E-state index is 0.0643. The van der Waals surface area contributed by atoms with Crippen molar-refractivity contribution in [3.05, 3.63) is 40.7 Å². The molecule has 0 bridgehead atoms. The van der Waals surface area contributed by atoms with Crippen molar-refractivity contribution in [2.24, 2.45) is 5.73 Å². The SMILES string of the molecule is CCc1nc(C(N)=O)c(Nc2ccc(C(=O)NC)c(C)c2)nc1NC1CCC(O)(CC)CC1. The topological polar surface area (TPSA) is 142 Å². The summed E-state index contributed by atoms with van der Waals surface area (Å²) in [6.45, 7) is 5.80. The number of benzene rings is 1. The summed E-state index contributed by atoms with van der Waals surface area (Å²) in [5.41, 5.74) is 7.76. The normalized spacial score (nSPS) is 20.2. The van der Waals surface area contributed by atoms with Crippen LogP contribution >= 0.6 is 0 Å². The Kier molecular flexibility index (Phi) is 7.53. The van der Waals surface area contributed by atoms with E-state index in [4.69, 9.17) is 5.73 Å². The van der Waals surface area contributed by atoms with Gasteiger partial charge in [-0.2, -0.15) is 0 Å². The molecule has 1 saturated carbocycles. The van der Waals surface area contributed by atoms with E-state index < -0.39 is 11.5 Å². The van der Waals surface area contributed by atoms with Gasteiger partial charge in [0.25, 0.3) is 11.8 Å². The molecule has 0 atom stereocenters. The number of aliphatic hydroxyl groups is 1. The van der Waals surface area contributed by atoms with E-state index >= 15 is 0 Å². The number of amides is 2. The second-order valence-electron chi connectivity index (χ2n) is 8.66. The summed E-state index contributed by atoms with van der Waals surface area (Å²) in [6, 6.07) is 5.43. The van der Waals surface area contributed by atoms with Crippen LogP contribution in [-0.4, -0.2) is 45.6 Å². The highest BCUT2D eigenvalue weighted by Crippen LogP contribution is 2.33. The van der Waals surface area contributed by atoms with Crippen molar-refractivity contribution in [1.29, 1.82) is 0 Å². The molecule has 0 radical (unpaired) electrons. The second kappa shape index (κ2) is 10.2. The largest absolute Gasteiger partial charge is 0.390 e. The van der Waals surface area contributed by atoms with Gasteiger partial charge in [0, 0.05) is 24.3 Å². The first-order valence-electron chi connectivity index (χ1n) is 11.5. The van der Waals surface area contributed by atoms with Gasteiger partial charge in [-0.05, 0) is 69.2 Å². The summed E-state index contributed by atoms with van der Waals surface area (Å²) < 4.78 is 0. The van der Waals surface area contributed by atoms with Gasteiger partial charge in [0.2, 0.25) is 0 Å². The standard InChI is InChI=1S/C24H34N6O3/c1-5-18-21(27-15-9-11-24(33,6-2)12-10-15)30-22(19(29-18)20(25)31)28-16-7-8-17(14(3)13-16)23(32)26-4/h7-8,13,15,33H,5-6,9-12H2,1-4H3,(H2,25,31)(H,26,32)(H2,27,28,30). The molecule has 1 heterocycles. The van der Waals surface area contributed by atoms with Crippen LogP contribution in [0.2, 0.25) is 0 Å². The summed E-state index contributed by atoms with van der Waals surface area (Å²) in [7, 11) is 1.58. The highest BCUT2D eigenvalue weighted by Gasteiger charge is 2.32. The van der Waals surface area contributed by atoms with E-state index in [0.29, 0.717) is 29.2 Å². The molecule has 1 fully saturated rings. The third-order valence-corrected chi connectivity index (χ3v) is 6.41. The van der Waals surface area contributed by atoms with Crippen LogP contribution in [0.25, 0.3) is 0 Å². The Morgan fingerprint density at radius 3 is 2.42 bits per heavy atom. The van der Waals surface area contributed by atoms with Crippen molar-refractivity contribution in [3.63, 3.8) is 0 Å². The molecule has 2 aromatic rings. The van der Waals surface area contributed by atoms with Gasteiger partial charge in [0.05, 0.1) is 11.3 Å². The zero-order chi connectivity index (χ0) is 24.2. The molecule has 1 aliphatic rings. The highest BCUT2D eigenvalue weighted by molar-refractivity contribution is 5.97. The van der Waals surface area contributed by atoms with Crippen molar-refractivity contribution in [2.45, 2.75) is 70.9 Å². The van der Waals surface area contributed by atoms with Gasteiger partial charge in [0.1, 0.15) is 5.82 Å². The number of primary amides is 1. The molecule has 0 aliphatic heterocycles. The third-order valence-electron chi connectivity index (χ3n) is 6.41. The summed E-state index contributed by atoms with van der Waals surface area (Å²) >= 11 is 0. The van der Waals surface area contributed by atoms with Crippen molar-refractivity contribution < 1.29 is 14.7 Å². The molecule has 0 spiro atoms. The molecule has 9 heteroatoms. The van der Waals surface area contributed by atoms with Crippen LogP contribution < -0.4 is 21.7 Å². The Balaban J connectivity index is 1.89. The lowest BCUT2D eigenvalue weighted by Gasteiger charge is -2.36. The fourth-order valence-electron chi connectivity index (χ4n) is 4.21. The highest BCUT2D eigenvalue weighted by atomic mass is 16.3. The quantitative estimate of drug-likeness (QED) is 0.412. The number of rotatable bonds is 8. The van der Waals surface area contributed by atoms with Crippen LogP contribution in [0.1, 0.15) is 78.1 Å². The molecule has 0 saturated heterocycles. The minimum Gasteiger partial charge on any atom is -0.390 e. The molecular formula is C24H34N6O3. The number of aryl methyl sites for hydroxylation is 2. The number of nitrogens with two attached hydrogens (primary N) is 1. The molecule has 33 heavy (non-hydrogen) atoms. The molecule has 2 amide bonds. The molecule has 3 rings (SSSR count). The zero-order valence-electron chi connectivity index (χ0n) is 19.8. The Hall–Kier alpha value is -3.20. The van der Waals surface area contributed by atoms with Crippen molar-refractivity contribution in [3.8, 4) is 0 Å². The smallest absolute Gasteiger partial charge is 0.271 e. The number of carbonyl (C=O) groups excluding carboxylic acids is 2. The van der Waals surface area contributed by atoms with Crippen LogP contribution in [0.5, 0.6) is 0 Å². The maximum atomic E-state index is 12.1. The van der Waals surface area contributed by atoms with E-state index in [1.807, 2.05) is 26.8 Å². The van der Waals surface area contributed by atoms with E-state index in [2.05, 4.69) is 25.9 Å². The maximum absolute atomic E-state index is 12.1. The van der Waals surface area contributed by atoms with Crippen molar-refractivity contribution in [2.75, 3.05) is 17.7 Å². The Bertz CT molecular complexity index is 1030. The lowest BCUT2D eigenvalue weighted by atomic mass is 9.80. The number of nitrogens with zero attached hydrogens (tertiary/aromatic N) is 2. The van der Waals surface area contributed by atoms with Crippen molar-refractivity contribution in [1.82, 2.24) is 15.3 Å². The fraction of sp³-hybridized carbons (Fsp3) is 0.500. The van der Waals surface area contributed by atoms with Crippen LogP contribution in [0.3, 0.4) is 0 Å². The van der Waals surface area contributed by atoms with Gasteiger partial charge in [-0.15, -0.1) is 0 Å². The first kappa shape index (κ1) is 24.4. The predicted octanol–water partition coefficient (Wildman–Crippen LogP) is 3.05. The average Bonchev–Trinajstić information content (AvgIpc) is 2.80. The molecular weight excluding hydrogens is 420 g/mol. The number of anilines is 3. The molecule has 9 nitrogen and oxygen atoms in total. The average molecular weight is 455 g/mol. The predicted molar refractivity (Wildman–Crippen MR) is 129 cm³/mol. The number of carbonyl (C=O) groups is 2. The Morgan fingerprint density at radius 1 is 1.18 bits per heavy atom. The van der Waals surface area contributed by atoms with Crippen LogP contribution in [0.15, 0.2) is 18.2 Å². The summed E-state index contributed by atoms with van der Waals surface area (Å²) in [5.74, 6) is 0.0272. The van der Waals surface area contributed by atoms with Gasteiger partial charge in [0.15, 0.2) is 11.5 Å². The molecule has 178 valence electrons. The van der Waals surface area contributed by atoms with Gasteiger partial charge in [-0.3, -0.25) is 9.59 Å². The maximum Gasteiger partial charge on any atom is 0.271 e. The zero-order valence-corrected chi connectivity index (χ0v) is 19.8. The third kappa shape index (κ3) is 5.60. The molecule has 6 N–H and O–H groups in total. The van der Waals surface area contributed by atoms with E-state index in [1.165, 1.54) is 0 Å². The van der Waals surface area contributed by atoms with E-state index in [0.717, 1.165) is 37.7 Å². The Labute approximate surface area is 194 Å². The van der Waals surface area contributed by atoms with E-state index in [1.54, 1.807) is 19.2 Å². The minimum atomic E-state index is -0.671. The van der Waals surface area contributed by atoms with Gasteiger partial charge in [-0.1, -0.05) is 13.8 Å². The monoisotopic (exact) mass is 454 g/mol. The van der Waals surface area contributed by atoms with Gasteiger partial charge in [-0.25, -0.2) is 9.97 Å². The first-order valence-corrected chi connectivity index (χ1v) is 11.5. The van der Waals surface area contributed by atoms with Crippen molar-refractivity contribution >= 4 is 29.1 Å². The van der Waals surface area contributed by atoms with Gasteiger partial charge < -0.3 is 26.8 Å². The first-order chi connectivity index (χ1) is 15.7. The van der Waals surface area contributed by atoms with Gasteiger partial charge >= 0.3 is 0 Å². The summed E-state index contributed by atoms with van der Waals surface area (Å²) in [6.07, 6.45) is 4.46. The van der Waals surface area contributed by atoms with E-state index in [-0.39, 0.29) is 23.5 Å². The summed E-state index contributed by atoms with van der Waals surface area (Å²) in [4.78, 5) is 33.3. The molecule has 0 unspecified atom stereocenters. The van der Waals surface area contributed by atoms with Crippen LogP contribution in [-0.2, 0) is 6.42 Å². The molecule has 1 aromatic heterocycles. The number of nitrogens with one attached hydrogen (secondary N) is 3. The second-order valence-corrected chi connectivity index (χ2v) is 8.66. The summed E-state index contributed by atoms with van der Waals surface area (Å²) in [5, 5.41) is 19.7. The van der Waals surface area contributed by atoms with E-state index in [9.17, 15) is 14.7 Å². The molecule has 1 aliphatic carbocycles. The number of hydrogen-bond acceptors (Lipinski definition) is 7. The van der Waals surface area contributed by atoms with Crippen LogP contribution in [0, 0.1) is 6.92 Å². The fourth-order valence-corrected chi connectivity index (χ4v) is 4.21. The molecule has 1 aromatic carbocycles. The Morgan fingerprint density at radius 2 is 1.88 bits per heavy atom. The number of aromatic nitrogens is 2. The lowest BCUT2D eigenvalue weighted by Crippen LogP contribution is -2.38. The van der Waals surface area contributed by atoms with Crippen LogP contribution in [0.4, 0.5) is 17.3 Å². The lowest BCUT2D eigenvalue weighted by molar-refractivity contribution is -0.00196.